The fraction of sp³-hybridized carbons (Fsp3) is 0.286. The minimum Gasteiger partial charge on any atom is -0.494 e. The van der Waals surface area contributed by atoms with E-state index in [0.29, 0.717) is 23.9 Å². The van der Waals surface area contributed by atoms with E-state index in [-0.39, 0.29) is 17.7 Å². The normalized spacial score (nSPS) is 12.0. The average Bonchev–Trinajstić information content (AvgIpc) is 3.08. The first kappa shape index (κ1) is 19.4. The van der Waals surface area contributed by atoms with E-state index < -0.39 is 6.04 Å². The van der Waals surface area contributed by atoms with Gasteiger partial charge in [-0.3, -0.25) is 14.9 Å². The lowest BCUT2D eigenvalue weighted by molar-refractivity contribution is -0.118. The fourth-order valence-corrected chi connectivity index (χ4v) is 2.84. The molecule has 1 aromatic heterocycles. The summed E-state index contributed by atoms with van der Waals surface area (Å²) >= 11 is 0. The van der Waals surface area contributed by atoms with E-state index >= 15 is 0 Å². The molecule has 3 rings (SSSR count). The molecule has 0 saturated heterocycles. The number of carbonyl (C=O) groups excluding carboxylic acids is 2. The lowest BCUT2D eigenvalue weighted by Gasteiger charge is -2.21. The Morgan fingerprint density at radius 2 is 1.82 bits per heavy atom. The number of rotatable bonds is 7. The quantitative estimate of drug-likeness (QED) is 0.586. The zero-order chi connectivity index (χ0) is 20.1. The summed E-state index contributed by atoms with van der Waals surface area (Å²) in [5.41, 5.74) is 2.06. The number of aromatic nitrogens is 2. The Kier molecular flexibility index (Phi) is 5.93. The van der Waals surface area contributed by atoms with E-state index in [1.807, 2.05) is 45.0 Å². The highest BCUT2D eigenvalue weighted by atomic mass is 16.5. The molecule has 28 heavy (non-hydrogen) atoms. The smallest absolute Gasteiger partial charge is 0.251 e. The van der Waals surface area contributed by atoms with E-state index in [1.54, 1.807) is 24.3 Å². The number of hydrogen-bond donors (Lipinski definition) is 3. The van der Waals surface area contributed by atoms with Gasteiger partial charge < -0.3 is 15.0 Å². The first-order chi connectivity index (χ1) is 13.5. The third kappa shape index (κ3) is 4.49. The Hall–Kier alpha value is -3.35. The van der Waals surface area contributed by atoms with E-state index in [0.717, 1.165) is 11.0 Å². The minimum atomic E-state index is -0.702. The van der Waals surface area contributed by atoms with Crippen molar-refractivity contribution in [2.45, 2.75) is 26.8 Å². The van der Waals surface area contributed by atoms with Gasteiger partial charge in [0.15, 0.2) is 0 Å². The molecule has 3 aromatic rings. The van der Waals surface area contributed by atoms with E-state index in [1.165, 1.54) is 0 Å². The van der Waals surface area contributed by atoms with Crippen molar-refractivity contribution in [3.05, 3.63) is 54.1 Å². The second-order valence-corrected chi connectivity index (χ2v) is 6.74. The summed E-state index contributed by atoms with van der Waals surface area (Å²) in [4.78, 5) is 32.7. The third-order valence-electron chi connectivity index (χ3n) is 4.29. The summed E-state index contributed by atoms with van der Waals surface area (Å²) in [6.45, 7) is 6.21. The van der Waals surface area contributed by atoms with Crippen LogP contribution in [0.2, 0.25) is 0 Å². The number of H-pyrrole nitrogens is 1. The van der Waals surface area contributed by atoms with E-state index in [4.69, 9.17) is 4.74 Å². The molecule has 7 heteroatoms. The number of nitrogens with zero attached hydrogens (tertiary/aromatic N) is 1. The number of anilines is 1. The Morgan fingerprint density at radius 1 is 1.11 bits per heavy atom. The highest BCUT2D eigenvalue weighted by Gasteiger charge is 2.25. The molecule has 0 aliphatic carbocycles. The largest absolute Gasteiger partial charge is 0.494 e. The Labute approximate surface area is 163 Å². The maximum Gasteiger partial charge on any atom is 0.251 e. The summed E-state index contributed by atoms with van der Waals surface area (Å²) in [5.74, 6) is 0.306. The van der Waals surface area contributed by atoms with Crippen molar-refractivity contribution in [2.24, 2.45) is 5.92 Å². The second-order valence-electron chi connectivity index (χ2n) is 6.74. The van der Waals surface area contributed by atoms with Crippen molar-refractivity contribution in [2.75, 3.05) is 11.9 Å². The first-order valence-corrected chi connectivity index (χ1v) is 9.27. The maximum atomic E-state index is 12.7. The van der Waals surface area contributed by atoms with Gasteiger partial charge in [0.1, 0.15) is 11.8 Å². The lowest BCUT2D eigenvalue weighted by atomic mass is 10.0. The number of para-hydroxylation sites is 2. The van der Waals surface area contributed by atoms with Crippen LogP contribution in [0.15, 0.2) is 48.5 Å². The van der Waals surface area contributed by atoms with Crippen LogP contribution in [0, 0.1) is 5.92 Å². The molecular weight excluding hydrogens is 356 g/mol. The van der Waals surface area contributed by atoms with Gasteiger partial charge in [-0.05, 0) is 49.2 Å². The minimum absolute atomic E-state index is 0.101. The summed E-state index contributed by atoms with van der Waals surface area (Å²) < 4.78 is 5.38. The average molecular weight is 380 g/mol. The topological polar surface area (TPSA) is 96.1 Å². The monoisotopic (exact) mass is 380 g/mol. The molecule has 0 fully saturated rings. The Balaban J connectivity index is 1.69. The van der Waals surface area contributed by atoms with Gasteiger partial charge in [0, 0.05) is 5.56 Å². The predicted octanol–water partition coefficient (Wildman–Crippen LogP) is 3.35. The van der Waals surface area contributed by atoms with Gasteiger partial charge in [-0.2, -0.15) is 0 Å². The lowest BCUT2D eigenvalue weighted by Crippen LogP contribution is -2.47. The standard InChI is InChI=1S/C21H24N4O3/c1-4-28-15-11-9-14(10-12-15)19(26)24-18(13(2)3)20(27)25-21-22-16-7-5-6-8-17(16)23-21/h5-13,18H,4H2,1-3H3,(H,24,26)(H2,22,23,25,27)/t18-/m1/s1. The molecule has 1 heterocycles. The molecule has 0 bridgehead atoms. The first-order valence-electron chi connectivity index (χ1n) is 9.27. The number of ether oxygens (including phenoxy) is 1. The van der Waals surface area contributed by atoms with Gasteiger partial charge in [-0.1, -0.05) is 26.0 Å². The van der Waals surface area contributed by atoms with Crippen LogP contribution >= 0.6 is 0 Å². The zero-order valence-corrected chi connectivity index (χ0v) is 16.2. The van der Waals surface area contributed by atoms with Gasteiger partial charge in [-0.15, -0.1) is 0 Å². The summed E-state index contributed by atoms with van der Waals surface area (Å²) in [7, 11) is 0. The number of fused-ring (bicyclic) bond motifs is 1. The third-order valence-corrected chi connectivity index (χ3v) is 4.29. The fourth-order valence-electron chi connectivity index (χ4n) is 2.84. The molecule has 0 spiro atoms. The molecule has 0 radical (unpaired) electrons. The number of hydrogen-bond acceptors (Lipinski definition) is 4. The molecule has 1 atom stereocenters. The van der Waals surface area contributed by atoms with Crippen LogP contribution < -0.4 is 15.4 Å². The molecular formula is C21H24N4O3. The molecule has 7 nitrogen and oxygen atoms in total. The number of carbonyl (C=O) groups is 2. The summed E-state index contributed by atoms with van der Waals surface area (Å²) in [6, 6.07) is 13.6. The van der Waals surface area contributed by atoms with Crippen molar-refractivity contribution < 1.29 is 14.3 Å². The second kappa shape index (κ2) is 8.56. The summed E-state index contributed by atoms with van der Waals surface area (Å²) in [6.07, 6.45) is 0. The molecule has 3 N–H and O–H groups in total. The van der Waals surface area contributed by atoms with Crippen LogP contribution in [0.5, 0.6) is 5.75 Å². The number of imidazole rings is 1. The highest BCUT2D eigenvalue weighted by Crippen LogP contribution is 2.15. The van der Waals surface area contributed by atoms with Crippen molar-refractivity contribution >= 4 is 28.8 Å². The van der Waals surface area contributed by atoms with Crippen molar-refractivity contribution in [1.82, 2.24) is 15.3 Å². The van der Waals surface area contributed by atoms with Crippen LogP contribution in [0.3, 0.4) is 0 Å². The number of amides is 2. The van der Waals surface area contributed by atoms with Gasteiger partial charge in [0.25, 0.3) is 5.91 Å². The molecule has 0 saturated carbocycles. The van der Waals surface area contributed by atoms with Gasteiger partial charge in [0.2, 0.25) is 11.9 Å². The van der Waals surface area contributed by atoms with Crippen molar-refractivity contribution in [1.29, 1.82) is 0 Å². The van der Waals surface area contributed by atoms with Crippen LogP contribution in [-0.2, 0) is 4.79 Å². The Morgan fingerprint density at radius 3 is 2.46 bits per heavy atom. The van der Waals surface area contributed by atoms with Gasteiger partial charge >= 0.3 is 0 Å². The van der Waals surface area contributed by atoms with Crippen molar-refractivity contribution in [3.63, 3.8) is 0 Å². The number of nitrogens with one attached hydrogen (secondary N) is 3. The van der Waals surface area contributed by atoms with Crippen LogP contribution in [0.4, 0.5) is 5.95 Å². The zero-order valence-electron chi connectivity index (χ0n) is 16.2. The van der Waals surface area contributed by atoms with Crippen LogP contribution in [0.25, 0.3) is 11.0 Å². The summed E-state index contributed by atoms with van der Waals surface area (Å²) in [5, 5.41) is 5.56. The molecule has 2 amide bonds. The van der Waals surface area contributed by atoms with Crippen LogP contribution in [0.1, 0.15) is 31.1 Å². The van der Waals surface area contributed by atoms with E-state index in [9.17, 15) is 9.59 Å². The molecule has 0 aliphatic rings. The molecule has 0 aliphatic heterocycles. The van der Waals surface area contributed by atoms with Gasteiger partial charge in [0.05, 0.1) is 17.6 Å². The molecule has 2 aromatic carbocycles. The van der Waals surface area contributed by atoms with Crippen molar-refractivity contribution in [3.8, 4) is 5.75 Å². The highest BCUT2D eigenvalue weighted by molar-refractivity contribution is 6.01. The SMILES string of the molecule is CCOc1ccc(C(=O)N[C@@H](C(=O)Nc2nc3ccccc3[nH]2)C(C)C)cc1. The Bertz CT molecular complexity index is 930. The van der Waals surface area contributed by atoms with Gasteiger partial charge in [-0.25, -0.2) is 4.98 Å². The predicted molar refractivity (Wildman–Crippen MR) is 108 cm³/mol. The van der Waals surface area contributed by atoms with E-state index in [2.05, 4.69) is 20.6 Å². The number of aromatic amines is 1. The number of benzene rings is 2. The molecule has 146 valence electrons. The van der Waals surface area contributed by atoms with Crippen LogP contribution in [-0.4, -0.2) is 34.4 Å². The maximum absolute atomic E-state index is 12.7. The molecule has 0 unspecified atom stereocenters.